The van der Waals surface area contributed by atoms with Crippen molar-refractivity contribution in [2.24, 2.45) is 0 Å². The van der Waals surface area contributed by atoms with Crippen LogP contribution in [-0.2, 0) is 6.42 Å². The number of aryl methyl sites for hydroxylation is 1. The predicted octanol–water partition coefficient (Wildman–Crippen LogP) is 5.15. The van der Waals surface area contributed by atoms with Gasteiger partial charge in [-0.2, -0.15) is 0 Å². The minimum atomic E-state index is -0.333. The maximum atomic E-state index is 13.7. The second kappa shape index (κ2) is 5.74. The lowest BCUT2D eigenvalue weighted by Crippen LogP contribution is -2.15. The van der Waals surface area contributed by atoms with Gasteiger partial charge in [0.15, 0.2) is 11.6 Å². The van der Waals surface area contributed by atoms with Gasteiger partial charge in [-0.3, -0.25) is 0 Å². The number of hydrogen-bond donors (Lipinski definition) is 1. The first kappa shape index (κ1) is 13.9. The third-order valence-electron chi connectivity index (χ3n) is 3.58. The van der Waals surface area contributed by atoms with E-state index in [0.717, 1.165) is 28.7 Å². The molecule has 2 nitrogen and oxygen atoms in total. The van der Waals surface area contributed by atoms with Crippen molar-refractivity contribution in [1.29, 1.82) is 0 Å². The van der Waals surface area contributed by atoms with Crippen LogP contribution in [0.5, 0.6) is 5.75 Å². The van der Waals surface area contributed by atoms with Crippen LogP contribution in [0.1, 0.15) is 29.3 Å². The van der Waals surface area contributed by atoms with E-state index in [-0.39, 0.29) is 17.6 Å². The van der Waals surface area contributed by atoms with Crippen LogP contribution in [0.2, 0.25) is 0 Å². The number of nitrogens with one attached hydrogen (secondary N) is 1. The molecule has 1 aromatic carbocycles. The van der Waals surface area contributed by atoms with Crippen LogP contribution in [0.25, 0.3) is 0 Å². The van der Waals surface area contributed by atoms with Crippen molar-refractivity contribution in [2.75, 3.05) is 12.4 Å². The van der Waals surface area contributed by atoms with E-state index >= 15 is 0 Å². The van der Waals surface area contributed by atoms with E-state index in [4.69, 9.17) is 4.74 Å². The van der Waals surface area contributed by atoms with Crippen molar-refractivity contribution in [3.05, 3.63) is 44.3 Å². The van der Waals surface area contributed by atoms with Crippen LogP contribution in [0.3, 0.4) is 0 Å². The summed E-state index contributed by atoms with van der Waals surface area (Å²) in [6, 6.07) is 7.45. The van der Waals surface area contributed by atoms with Crippen molar-refractivity contribution in [1.82, 2.24) is 0 Å². The third kappa shape index (κ3) is 2.69. The summed E-state index contributed by atoms with van der Waals surface area (Å²) in [7, 11) is 1.47. The van der Waals surface area contributed by atoms with E-state index in [0.29, 0.717) is 0 Å². The zero-order valence-electron chi connectivity index (χ0n) is 11.1. The average Bonchev–Trinajstić information content (AvgIpc) is 2.80. The smallest absolute Gasteiger partial charge is 0.167 e. The fourth-order valence-electron chi connectivity index (χ4n) is 2.63. The summed E-state index contributed by atoms with van der Waals surface area (Å²) in [6.07, 6.45) is 3.38. The molecule has 0 spiro atoms. The average molecular weight is 356 g/mol. The van der Waals surface area contributed by atoms with Gasteiger partial charge >= 0.3 is 0 Å². The molecule has 0 amide bonds. The molecule has 1 heterocycles. The molecule has 5 heteroatoms. The van der Waals surface area contributed by atoms with Crippen LogP contribution >= 0.6 is 27.3 Å². The topological polar surface area (TPSA) is 21.3 Å². The molecule has 3 rings (SSSR count). The van der Waals surface area contributed by atoms with E-state index in [1.54, 1.807) is 17.4 Å². The zero-order valence-corrected chi connectivity index (χ0v) is 13.5. The van der Waals surface area contributed by atoms with Crippen LogP contribution < -0.4 is 10.1 Å². The Bertz CT molecular complexity index is 628. The second-order valence-corrected chi connectivity index (χ2v) is 7.38. The Morgan fingerprint density at radius 2 is 2.25 bits per heavy atom. The summed E-state index contributed by atoms with van der Waals surface area (Å²) >= 11 is 5.35. The van der Waals surface area contributed by atoms with Gasteiger partial charge in [-0.05, 0) is 59.0 Å². The molecular formula is C15H15BrFNOS. The number of anilines is 1. The molecule has 0 saturated carbocycles. The SMILES string of the molecule is COc1ccc(NC2CCCc3sc(Br)cc32)cc1F. The quantitative estimate of drug-likeness (QED) is 0.821. The largest absolute Gasteiger partial charge is 0.494 e. The van der Waals surface area contributed by atoms with Gasteiger partial charge in [0.1, 0.15) is 0 Å². The van der Waals surface area contributed by atoms with E-state index in [2.05, 4.69) is 27.3 Å². The van der Waals surface area contributed by atoms with Crippen LogP contribution in [0.4, 0.5) is 10.1 Å². The lowest BCUT2D eigenvalue weighted by molar-refractivity contribution is 0.386. The van der Waals surface area contributed by atoms with Gasteiger partial charge in [0, 0.05) is 16.6 Å². The van der Waals surface area contributed by atoms with Gasteiger partial charge in [0.05, 0.1) is 16.9 Å². The van der Waals surface area contributed by atoms with Crippen molar-refractivity contribution in [2.45, 2.75) is 25.3 Å². The van der Waals surface area contributed by atoms with Gasteiger partial charge < -0.3 is 10.1 Å². The molecule has 2 aromatic rings. The number of fused-ring (bicyclic) bond motifs is 1. The molecule has 0 bridgehead atoms. The number of thiophene rings is 1. The van der Waals surface area contributed by atoms with E-state index in [9.17, 15) is 4.39 Å². The Morgan fingerprint density at radius 1 is 1.40 bits per heavy atom. The normalized spacial score (nSPS) is 17.6. The molecule has 0 saturated heterocycles. The Balaban J connectivity index is 1.83. The third-order valence-corrected chi connectivity index (χ3v) is 5.29. The number of ether oxygens (including phenoxy) is 1. The monoisotopic (exact) mass is 355 g/mol. The molecule has 106 valence electrons. The molecule has 0 aliphatic heterocycles. The molecule has 1 unspecified atom stereocenters. The number of halogens is 2. The minimum absolute atomic E-state index is 0.258. The number of rotatable bonds is 3. The summed E-state index contributed by atoms with van der Waals surface area (Å²) in [5.74, 6) is -0.0572. The number of benzene rings is 1. The molecule has 1 aliphatic carbocycles. The maximum absolute atomic E-state index is 13.7. The highest BCUT2D eigenvalue weighted by Crippen LogP contribution is 2.39. The van der Waals surface area contributed by atoms with E-state index < -0.39 is 0 Å². The standard InChI is InChI=1S/C15H15BrFNOS/c1-19-13-6-5-9(7-11(13)17)18-12-3-2-4-14-10(12)8-15(16)20-14/h5-8,12,18H,2-4H2,1H3. The molecular weight excluding hydrogens is 341 g/mol. The highest BCUT2D eigenvalue weighted by atomic mass is 79.9. The highest BCUT2D eigenvalue weighted by Gasteiger charge is 2.22. The van der Waals surface area contributed by atoms with Crippen molar-refractivity contribution < 1.29 is 9.13 Å². The van der Waals surface area contributed by atoms with Gasteiger partial charge in [0.2, 0.25) is 0 Å². The fourth-order valence-corrected chi connectivity index (χ4v) is 4.45. The predicted molar refractivity (Wildman–Crippen MR) is 84.3 cm³/mol. The highest BCUT2D eigenvalue weighted by molar-refractivity contribution is 9.11. The molecule has 0 fully saturated rings. The molecule has 1 aliphatic rings. The summed E-state index contributed by atoms with van der Waals surface area (Å²) < 4.78 is 19.8. The Morgan fingerprint density at radius 3 is 3.00 bits per heavy atom. The molecule has 1 N–H and O–H groups in total. The van der Waals surface area contributed by atoms with Gasteiger partial charge in [0.25, 0.3) is 0 Å². The molecule has 1 aromatic heterocycles. The Kier molecular flexibility index (Phi) is 3.98. The summed E-state index contributed by atoms with van der Waals surface area (Å²) in [5.41, 5.74) is 2.13. The van der Waals surface area contributed by atoms with Gasteiger partial charge in [-0.15, -0.1) is 11.3 Å². The van der Waals surface area contributed by atoms with Crippen molar-refractivity contribution in [3.8, 4) is 5.75 Å². The van der Waals surface area contributed by atoms with Gasteiger partial charge in [-0.25, -0.2) is 4.39 Å². The molecule has 1 atom stereocenters. The molecule has 0 radical (unpaired) electrons. The Hall–Kier alpha value is -1.07. The lowest BCUT2D eigenvalue weighted by atomic mass is 9.94. The second-order valence-electron chi connectivity index (χ2n) is 4.87. The zero-order chi connectivity index (χ0) is 14.1. The molecule has 20 heavy (non-hydrogen) atoms. The van der Waals surface area contributed by atoms with E-state index in [1.165, 1.54) is 23.6 Å². The Labute approximate surface area is 130 Å². The van der Waals surface area contributed by atoms with Crippen LogP contribution in [0, 0.1) is 5.82 Å². The summed E-state index contributed by atoms with van der Waals surface area (Å²) in [6.45, 7) is 0. The first-order valence-corrected chi connectivity index (χ1v) is 8.16. The van der Waals surface area contributed by atoms with Crippen molar-refractivity contribution in [3.63, 3.8) is 0 Å². The maximum Gasteiger partial charge on any atom is 0.167 e. The van der Waals surface area contributed by atoms with Crippen LogP contribution in [0.15, 0.2) is 28.1 Å². The minimum Gasteiger partial charge on any atom is -0.494 e. The van der Waals surface area contributed by atoms with Gasteiger partial charge in [-0.1, -0.05) is 0 Å². The van der Waals surface area contributed by atoms with Crippen LogP contribution in [-0.4, -0.2) is 7.11 Å². The van der Waals surface area contributed by atoms with E-state index in [1.807, 2.05) is 6.07 Å². The summed E-state index contributed by atoms with van der Waals surface area (Å²) in [5, 5.41) is 3.43. The first-order chi connectivity index (χ1) is 9.67. The van der Waals surface area contributed by atoms with Crippen molar-refractivity contribution >= 4 is 33.0 Å². The lowest BCUT2D eigenvalue weighted by Gasteiger charge is -2.24. The number of hydrogen-bond acceptors (Lipinski definition) is 3. The summed E-state index contributed by atoms with van der Waals surface area (Å²) in [4.78, 5) is 1.43. The first-order valence-electron chi connectivity index (χ1n) is 6.55. The fraction of sp³-hybridized carbons (Fsp3) is 0.333. The number of methoxy groups -OCH3 is 1.